The third-order valence-corrected chi connectivity index (χ3v) is 5.23. The fraction of sp³-hybridized carbons (Fsp3) is 0.800. The summed E-state index contributed by atoms with van der Waals surface area (Å²) >= 11 is 1.77. The lowest BCUT2D eigenvalue weighted by atomic mass is 9.67. The Hall–Kier alpha value is -0.410. The molecule has 0 aromatic carbocycles. The van der Waals surface area contributed by atoms with Gasteiger partial charge in [0.15, 0.2) is 0 Å². The summed E-state index contributed by atoms with van der Waals surface area (Å²) in [5, 5.41) is 11.3. The molecule has 3 heteroatoms. The van der Waals surface area contributed by atoms with Crippen LogP contribution in [0.15, 0.2) is 6.20 Å². The fourth-order valence-electron chi connectivity index (χ4n) is 3.01. The van der Waals surface area contributed by atoms with Crippen LogP contribution in [-0.4, -0.2) is 16.2 Å². The predicted molar refractivity (Wildman–Crippen MR) is 76.8 cm³/mol. The quantitative estimate of drug-likeness (QED) is 0.883. The van der Waals surface area contributed by atoms with Gasteiger partial charge >= 0.3 is 0 Å². The molecule has 0 amide bonds. The van der Waals surface area contributed by atoms with E-state index in [-0.39, 0.29) is 6.10 Å². The molecule has 0 aliphatic heterocycles. The first kappa shape index (κ1) is 14.0. The zero-order chi connectivity index (χ0) is 13.3. The summed E-state index contributed by atoms with van der Waals surface area (Å²) in [6.07, 6.45) is 6.15. The normalized spacial score (nSPS) is 29.5. The second-order valence-corrected chi connectivity index (χ2v) is 8.07. The summed E-state index contributed by atoms with van der Waals surface area (Å²) in [4.78, 5) is 5.64. The molecule has 0 spiro atoms. The van der Waals surface area contributed by atoms with Gasteiger partial charge in [-0.25, -0.2) is 4.98 Å². The lowest BCUT2D eigenvalue weighted by molar-refractivity contribution is 0.0199. The molecule has 3 atom stereocenters. The maximum Gasteiger partial charge on any atom is 0.0896 e. The molecule has 2 nitrogen and oxygen atoms in total. The van der Waals surface area contributed by atoms with Gasteiger partial charge in [-0.1, -0.05) is 20.8 Å². The van der Waals surface area contributed by atoms with Gasteiger partial charge in [-0.2, -0.15) is 0 Å². The number of aryl methyl sites for hydroxylation is 1. The first-order valence-corrected chi connectivity index (χ1v) is 7.77. The van der Waals surface area contributed by atoms with E-state index in [1.54, 1.807) is 11.3 Å². The van der Waals surface area contributed by atoms with E-state index in [9.17, 15) is 5.11 Å². The Balaban J connectivity index is 2.02. The van der Waals surface area contributed by atoms with Gasteiger partial charge in [-0.3, -0.25) is 0 Å². The van der Waals surface area contributed by atoms with Crippen molar-refractivity contribution in [2.24, 2.45) is 17.3 Å². The topological polar surface area (TPSA) is 33.1 Å². The second kappa shape index (κ2) is 5.30. The van der Waals surface area contributed by atoms with Crippen LogP contribution >= 0.6 is 11.3 Å². The molecule has 1 fully saturated rings. The van der Waals surface area contributed by atoms with Gasteiger partial charge in [0.05, 0.1) is 11.1 Å². The molecule has 1 heterocycles. The Kier molecular flexibility index (Phi) is 4.12. The van der Waals surface area contributed by atoms with Crippen LogP contribution in [0.25, 0.3) is 0 Å². The first-order chi connectivity index (χ1) is 8.36. The second-order valence-electron chi connectivity index (χ2n) is 6.75. The Bertz CT molecular complexity index is 393. The van der Waals surface area contributed by atoms with Gasteiger partial charge < -0.3 is 5.11 Å². The van der Waals surface area contributed by atoms with E-state index in [1.165, 1.54) is 11.3 Å². The van der Waals surface area contributed by atoms with Crippen molar-refractivity contribution >= 4 is 11.3 Å². The molecular weight excluding hydrogens is 242 g/mol. The summed E-state index contributed by atoms with van der Waals surface area (Å²) in [6.45, 7) is 9.01. The summed E-state index contributed by atoms with van der Waals surface area (Å²) < 4.78 is 0. The Morgan fingerprint density at radius 2 is 2.11 bits per heavy atom. The highest BCUT2D eigenvalue weighted by Crippen LogP contribution is 2.41. The van der Waals surface area contributed by atoms with Gasteiger partial charge in [-0.05, 0) is 49.9 Å². The largest absolute Gasteiger partial charge is 0.393 e. The van der Waals surface area contributed by atoms with Gasteiger partial charge in [-0.15, -0.1) is 11.3 Å². The van der Waals surface area contributed by atoms with Crippen molar-refractivity contribution in [3.63, 3.8) is 0 Å². The van der Waals surface area contributed by atoms with Crippen molar-refractivity contribution in [3.8, 4) is 0 Å². The van der Waals surface area contributed by atoms with Crippen molar-refractivity contribution in [1.82, 2.24) is 4.98 Å². The van der Waals surface area contributed by atoms with Crippen molar-refractivity contribution in [2.45, 2.75) is 59.5 Å². The molecule has 2 rings (SSSR count). The van der Waals surface area contributed by atoms with E-state index in [2.05, 4.69) is 25.8 Å². The number of hydrogen-bond donors (Lipinski definition) is 1. The summed E-state index contributed by atoms with van der Waals surface area (Å²) in [5.41, 5.74) is 0.363. The maximum atomic E-state index is 10.2. The summed E-state index contributed by atoms with van der Waals surface area (Å²) in [7, 11) is 0. The minimum Gasteiger partial charge on any atom is -0.393 e. The Morgan fingerprint density at radius 1 is 1.39 bits per heavy atom. The Morgan fingerprint density at radius 3 is 2.67 bits per heavy atom. The highest BCUT2D eigenvalue weighted by Gasteiger charge is 2.35. The minimum atomic E-state index is -0.119. The summed E-state index contributed by atoms with van der Waals surface area (Å²) in [5.74, 6) is 1.16. The van der Waals surface area contributed by atoms with Crippen LogP contribution in [0.3, 0.4) is 0 Å². The monoisotopic (exact) mass is 267 g/mol. The van der Waals surface area contributed by atoms with Crippen LogP contribution in [0.2, 0.25) is 0 Å². The predicted octanol–water partition coefficient (Wildman–Crippen LogP) is 3.82. The number of thiazole rings is 1. The van der Waals surface area contributed by atoms with E-state index in [0.29, 0.717) is 11.3 Å². The number of aliphatic hydroxyl groups excluding tert-OH is 1. The van der Waals surface area contributed by atoms with Crippen LogP contribution in [-0.2, 0) is 6.42 Å². The zero-order valence-corrected chi connectivity index (χ0v) is 12.8. The van der Waals surface area contributed by atoms with Crippen molar-refractivity contribution < 1.29 is 5.11 Å². The van der Waals surface area contributed by atoms with E-state index < -0.39 is 0 Å². The molecule has 1 aliphatic rings. The molecule has 1 aromatic rings. The van der Waals surface area contributed by atoms with Crippen LogP contribution < -0.4 is 0 Å². The van der Waals surface area contributed by atoms with Crippen LogP contribution in [0.1, 0.15) is 49.9 Å². The van der Waals surface area contributed by atoms with Crippen LogP contribution in [0.4, 0.5) is 0 Å². The average Bonchev–Trinajstić information content (AvgIpc) is 2.66. The standard InChI is InChI=1S/C15H25NOS/c1-10-16-9-13(18-10)8-11-7-12(15(2,3)4)5-6-14(11)17/h9,11-12,14,17H,5-8H2,1-4H3. The molecule has 1 aromatic heterocycles. The van der Waals surface area contributed by atoms with Crippen molar-refractivity contribution in [2.75, 3.05) is 0 Å². The van der Waals surface area contributed by atoms with E-state index in [1.807, 2.05) is 13.1 Å². The average molecular weight is 267 g/mol. The highest BCUT2D eigenvalue weighted by molar-refractivity contribution is 7.11. The number of rotatable bonds is 2. The molecule has 0 radical (unpaired) electrons. The van der Waals surface area contributed by atoms with Gasteiger partial charge in [0.1, 0.15) is 0 Å². The van der Waals surface area contributed by atoms with Gasteiger partial charge in [0, 0.05) is 11.1 Å². The molecule has 0 bridgehead atoms. The lowest BCUT2D eigenvalue weighted by Crippen LogP contribution is -2.35. The molecule has 0 saturated heterocycles. The number of hydrogen-bond acceptors (Lipinski definition) is 3. The highest BCUT2D eigenvalue weighted by atomic mass is 32.1. The number of aliphatic hydroxyl groups is 1. The molecule has 18 heavy (non-hydrogen) atoms. The third-order valence-electron chi connectivity index (χ3n) is 4.30. The molecule has 1 N–H and O–H groups in total. The van der Waals surface area contributed by atoms with E-state index >= 15 is 0 Å². The zero-order valence-electron chi connectivity index (χ0n) is 11.9. The molecular formula is C15H25NOS. The first-order valence-electron chi connectivity index (χ1n) is 6.95. The van der Waals surface area contributed by atoms with Gasteiger partial charge in [0.25, 0.3) is 0 Å². The molecule has 1 saturated carbocycles. The number of aromatic nitrogens is 1. The van der Waals surface area contributed by atoms with Crippen LogP contribution in [0.5, 0.6) is 0 Å². The molecule has 102 valence electrons. The van der Waals surface area contributed by atoms with Gasteiger partial charge in [0.2, 0.25) is 0 Å². The van der Waals surface area contributed by atoms with E-state index in [4.69, 9.17) is 0 Å². The van der Waals surface area contributed by atoms with E-state index in [0.717, 1.165) is 30.2 Å². The van der Waals surface area contributed by atoms with Crippen LogP contribution in [0, 0.1) is 24.2 Å². The number of nitrogens with zero attached hydrogens (tertiary/aromatic N) is 1. The third kappa shape index (κ3) is 3.33. The molecule has 1 aliphatic carbocycles. The Labute approximate surface area is 114 Å². The molecule has 3 unspecified atom stereocenters. The lowest BCUT2D eigenvalue weighted by Gasteiger charge is -2.40. The summed E-state index contributed by atoms with van der Waals surface area (Å²) in [6, 6.07) is 0. The van der Waals surface area contributed by atoms with Crippen molar-refractivity contribution in [1.29, 1.82) is 0 Å². The van der Waals surface area contributed by atoms with Crippen molar-refractivity contribution in [3.05, 3.63) is 16.1 Å². The minimum absolute atomic E-state index is 0.119. The SMILES string of the molecule is Cc1ncc(CC2CC(C(C)(C)C)CCC2O)s1. The fourth-order valence-corrected chi connectivity index (χ4v) is 3.90. The smallest absolute Gasteiger partial charge is 0.0896 e. The maximum absolute atomic E-state index is 10.2.